The average molecular weight is 293 g/mol. The maximum Gasteiger partial charge on any atom is 0.311 e. The fourth-order valence-electron chi connectivity index (χ4n) is 2.18. The normalized spacial score (nSPS) is 24.9. The molecule has 0 radical (unpaired) electrons. The quantitative estimate of drug-likeness (QED) is 0.531. The number of nitrogens with one attached hydrogen (secondary N) is 1. The third kappa shape index (κ3) is 5.15. The summed E-state index contributed by atoms with van der Waals surface area (Å²) in [6, 6.07) is -0.491. The molecular formula is C11H19NO6S. The zero-order valence-corrected chi connectivity index (χ0v) is 11.8. The molecular weight excluding hydrogens is 274 g/mol. The smallest absolute Gasteiger partial charge is 0.311 e. The van der Waals surface area contributed by atoms with Crippen molar-refractivity contribution < 1.29 is 27.3 Å². The van der Waals surface area contributed by atoms with Crippen LogP contribution in [0.15, 0.2) is 0 Å². The number of esters is 1. The van der Waals surface area contributed by atoms with Crippen molar-refractivity contribution in [2.24, 2.45) is 5.41 Å². The highest BCUT2D eigenvalue weighted by molar-refractivity contribution is 7.85. The predicted octanol–water partition coefficient (Wildman–Crippen LogP) is 0.112. The number of carbonyl (C=O) groups is 2. The van der Waals surface area contributed by atoms with Crippen LogP contribution >= 0.6 is 0 Å². The highest BCUT2D eigenvalue weighted by Crippen LogP contribution is 2.34. The summed E-state index contributed by atoms with van der Waals surface area (Å²) in [5, 5.41) is 2.60. The molecule has 2 N–H and O–H groups in total. The van der Waals surface area contributed by atoms with Crippen LogP contribution in [0.1, 0.15) is 33.1 Å². The van der Waals surface area contributed by atoms with E-state index in [9.17, 15) is 18.0 Å². The number of cyclic esters (lactones) is 1. The predicted molar refractivity (Wildman–Crippen MR) is 66.9 cm³/mol. The zero-order chi connectivity index (χ0) is 14.7. The maximum absolute atomic E-state index is 11.6. The van der Waals surface area contributed by atoms with Gasteiger partial charge in [0.1, 0.15) is 0 Å². The molecule has 0 aliphatic carbocycles. The highest BCUT2D eigenvalue weighted by Gasteiger charge is 2.41. The van der Waals surface area contributed by atoms with Gasteiger partial charge in [0.2, 0.25) is 5.91 Å². The van der Waals surface area contributed by atoms with Crippen LogP contribution < -0.4 is 5.32 Å². The van der Waals surface area contributed by atoms with Gasteiger partial charge in [-0.15, -0.1) is 0 Å². The molecule has 8 heteroatoms. The summed E-state index contributed by atoms with van der Waals surface area (Å²) in [6.07, 6.45) is 0.885. The topological polar surface area (TPSA) is 110 Å². The van der Waals surface area contributed by atoms with E-state index in [0.717, 1.165) is 0 Å². The average Bonchev–Trinajstić information content (AvgIpc) is 2.54. The Bertz CT molecular complexity index is 460. The van der Waals surface area contributed by atoms with Crippen molar-refractivity contribution >= 4 is 22.0 Å². The Morgan fingerprint density at radius 1 is 1.58 bits per heavy atom. The van der Waals surface area contributed by atoms with Gasteiger partial charge in [-0.25, -0.2) is 0 Å². The van der Waals surface area contributed by atoms with Gasteiger partial charge in [0.05, 0.1) is 17.8 Å². The van der Waals surface area contributed by atoms with Gasteiger partial charge < -0.3 is 10.1 Å². The minimum Gasteiger partial charge on any atom is -0.465 e. The number of carbonyl (C=O) groups excluding carboxylic acids is 2. The van der Waals surface area contributed by atoms with Gasteiger partial charge in [0.15, 0.2) is 0 Å². The third-order valence-electron chi connectivity index (χ3n) is 3.21. The van der Waals surface area contributed by atoms with Gasteiger partial charge >= 0.3 is 5.97 Å². The van der Waals surface area contributed by atoms with Crippen LogP contribution in [-0.4, -0.2) is 43.2 Å². The minimum absolute atomic E-state index is 0.0568. The largest absolute Gasteiger partial charge is 0.465 e. The van der Waals surface area contributed by atoms with Gasteiger partial charge in [-0.1, -0.05) is 0 Å². The standard InChI is InChI=1S/C11H19NO6S/c1-8(13)12-9(3-6-19(15,16)17)7-11(2)4-5-18-10(11)14/h9H,3-7H2,1-2H3,(H,12,13)(H,15,16,17). The summed E-state index contributed by atoms with van der Waals surface area (Å²) >= 11 is 0. The van der Waals surface area contributed by atoms with E-state index in [0.29, 0.717) is 19.4 Å². The van der Waals surface area contributed by atoms with Crippen LogP contribution in [0.4, 0.5) is 0 Å². The first kappa shape index (κ1) is 15.9. The van der Waals surface area contributed by atoms with E-state index in [4.69, 9.17) is 9.29 Å². The lowest BCUT2D eigenvalue weighted by Gasteiger charge is -2.26. The number of rotatable bonds is 6. The third-order valence-corrected chi connectivity index (χ3v) is 3.96. The minimum atomic E-state index is -4.09. The summed E-state index contributed by atoms with van der Waals surface area (Å²) in [5.41, 5.74) is -0.716. The summed E-state index contributed by atoms with van der Waals surface area (Å²) in [6.45, 7) is 3.38. The number of amides is 1. The Balaban J connectivity index is 2.69. The van der Waals surface area contributed by atoms with E-state index in [1.807, 2.05) is 0 Å². The molecule has 2 atom stereocenters. The summed E-state index contributed by atoms with van der Waals surface area (Å²) in [7, 11) is -4.09. The van der Waals surface area contributed by atoms with Crippen molar-refractivity contribution in [3.8, 4) is 0 Å². The molecule has 1 rings (SSSR count). The Morgan fingerprint density at radius 3 is 2.63 bits per heavy atom. The van der Waals surface area contributed by atoms with E-state index in [1.54, 1.807) is 6.92 Å². The van der Waals surface area contributed by atoms with E-state index in [2.05, 4.69) is 5.32 Å². The molecule has 0 aromatic rings. The lowest BCUT2D eigenvalue weighted by atomic mass is 9.81. The number of ether oxygens (including phenoxy) is 1. The second kappa shape index (κ2) is 5.87. The van der Waals surface area contributed by atoms with Crippen molar-refractivity contribution in [3.05, 3.63) is 0 Å². The van der Waals surface area contributed by atoms with Crippen molar-refractivity contribution in [2.45, 2.75) is 39.2 Å². The second-order valence-electron chi connectivity index (χ2n) is 5.12. The molecule has 1 aliphatic rings. The van der Waals surface area contributed by atoms with Gasteiger partial charge in [0.25, 0.3) is 10.1 Å². The molecule has 1 fully saturated rings. The lowest BCUT2D eigenvalue weighted by molar-refractivity contribution is -0.146. The first-order chi connectivity index (χ1) is 8.62. The molecule has 1 amide bonds. The molecule has 1 aliphatic heterocycles. The highest BCUT2D eigenvalue weighted by atomic mass is 32.2. The van der Waals surface area contributed by atoms with Crippen LogP contribution in [0.25, 0.3) is 0 Å². The summed E-state index contributed by atoms with van der Waals surface area (Å²) < 4.78 is 35.2. The first-order valence-electron chi connectivity index (χ1n) is 6.02. The molecule has 0 aromatic heterocycles. The number of hydrogen-bond acceptors (Lipinski definition) is 5. The molecule has 1 saturated heterocycles. The van der Waals surface area contributed by atoms with Crippen molar-refractivity contribution in [2.75, 3.05) is 12.4 Å². The fraction of sp³-hybridized carbons (Fsp3) is 0.818. The van der Waals surface area contributed by atoms with Crippen LogP contribution in [0.5, 0.6) is 0 Å². The van der Waals surface area contributed by atoms with E-state index < -0.39 is 27.3 Å². The van der Waals surface area contributed by atoms with Crippen LogP contribution in [0.3, 0.4) is 0 Å². The molecule has 0 saturated carbocycles. The first-order valence-corrected chi connectivity index (χ1v) is 7.63. The van der Waals surface area contributed by atoms with E-state index in [-0.39, 0.29) is 18.3 Å². The van der Waals surface area contributed by atoms with Crippen LogP contribution in [-0.2, 0) is 24.4 Å². The molecule has 0 spiro atoms. The number of hydrogen-bond donors (Lipinski definition) is 2. The van der Waals surface area contributed by atoms with Crippen LogP contribution in [0.2, 0.25) is 0 Å². The van der Waals surface area contributed by atoms with Gasteiger partial charge in [0, 0.05) is 13.0 Å². The van der Waals surface area contributed by atoms with Gasteiger partial charge in [-0.3, -0.25) is 14.1 Å². The Kier molecular flexibility index (Phi) is 4.92. The molecule has 7 nitrogen and oxygen atoms in total. The molecule has 0 aromatic carbocycles. The lowest BCUT2D eigenvalue weighted by Crippen LogP contribution is -2.40. The van der Waals surface area contributed by atoms with Crippen molar-refractivity contribution in [3.63, 3.8) is 0 Å². The van der Waals surface area contributed by atoms with Crippen molar-refractivity contribution in [1.82, 2.24) is 5.32 Å². The molecule has 1 heterocycles. The Morgan fingerprint density at radius 2 is 2.21 bits per heavy atom. The SMILES string of the molecule is CC(=O)NC(CCS(=O)(=O)O)CC1(C)CCOC1=O. The molecule has 2 unspecified atom stereocenters. The maximum atomic E-state index is 11.6. The summed E-state index contributed by atoms with van der Waals surface area (Å²) in [5.74, 6) is -1.10. The van der Waals surface area contributed by atoms with Gasteiger partial charge in [-0.2, -0.15) is 8.42 Å². The van der Waals surface area contributed by atoms with Crippen LogP contribution in [0, 0.1) is 5.41 Å². The Labute approximate surface area is 112 Å². The van der Waals surface area contributed by atoms with E-state index >= 15 is 0 Å². The Hall–Kier alpha value is -1.15. The van der Waals surface area contributed by atoms with Gasteiger partial charge in [-0.05, 0) is 26.2 Å². The zero-order valence-electron chi connectivity index (χ0n) is 11.0. The second-order valence-corrected chi connectivity index (χ2v) is 6.69. The fourth-order valence-corrected chi connectivity index (χ4v) is 2.76. The van der Waals surface area contributed by atoms with E-state index in [1.165, 1.54) is 6.92 Å². The molecule has 0 bridgehead atoms. The summed E-state index contributed by atoms with van der Waals surface area (Å²) in [4.78, 5) is 22.7. The molecule has 19 heavy (non-hydrogen) atoms. The molecule has 110 valence electrons. The monoisotopic (exact) mass is 293 g/mol. The van der Waals surface area contributed by atoms with Crippen molar-refractivity contribution in [1.29, 1.82) is 0 Å².